The first-order valence-electron chi connectivity index (χ1n) is 6.84. The number of methoxy groups -OCH3 is 2. The fourth-order valence-corrected chi connectivity index (χ4v) is 2.09. The number of primary amides is 1. The lowest BCUT2D eigenvalue weighted by molar-refractivity contribution is 0.158. The number of carbonyl (C=O) groups excluding carboxylic acids is 1. The predicted molar refractivity (Wildman–Crippen MR) is 77.7 cm³/mol. The molecule has 5 nitrogen and oxygen atoms in total. The molecule has 0 aliphatic heterocycles. The second-order valence-electron chi connectivity index (χ2n) is 4.54. The highest BCUT2D eigenvalue weighted by Crippen LogP contribution is 2.30. The summed E-state index contributed by atoms with van der Waals surface area (Å²) in [5.41, 5.74) is 6.77. The molecular weight excluding hydrogens is 277 g/mol. The van der Waals surface area contributed by atoms with Crippen molar-refractivity contribution in [2.75, 3.05) is 27.5 Å². The second kappa shape index (κ2) is 9.05. The molecule has 2 N–H and O–H groups in total. The van der Waals surface area contributed by atoms with Crippen molar-refractivity contribution in [2.45, 2.75) is 25.7 Å². The van der Waals surface area contributed by atoms with Gasteiger partial charge in [0.15, 0.2) is 0 Å². The van der Waals surface area contributed by atoms with Gasteiger partial charge in [0.25, 0.3) is 0 Å². The van der Waals surface area contributed by atoms with Crippen LogP contribution in [0.5, 0.6) is 11.5 Å². The van der Waals surface area contributed by atoms with Gasteiger partial charge in [-0.2, -0.15) is 0 Å². The van der Waals surface area contributed by atoms with Crippen molar-refractivity contribution >= 4 is 6.09 Å². The number of nitrogens with two attached hydrogens (primary N) is 1. The quantitative estimate of drug-likeness (QED) is 0.712. The van der Waals surface area contributed by atoms with E-state index in [9.17, 15) is 9.18 Å². The molecule has 118 valence electrons. The van der Waals surface area contributed by atoms with Gasteiger partial charge in [0, 0.05) is 12.0 Å². The van der Waals surface area contributed by atoms with Crippen LogP contribution in [-0.4, -0.2) is 33.6 Å². The monoisotopic (exact) mass is 299 g/mol. The van der Waals surface area contributed by atoms with E-state index < -0.39 is 6.09 Å². The van der Waals surface area contributed by atoms with Crippen LogP contribution in [0.3, 0.4) is 0 Å². The standard InChI is InChI=1S/C15H22FNO4/c1-19-13-10-12(6-8-21-15(17)18)14(20-2)9-11(13)5-3-4-7-16/h9-10H,3-8H2,1-2H3,(H2,17,18). The lowest BCUT2D eigenvalue weighted by atomic mass is 10.0. The number of amides is 1. The summed E-state index contributed by atoms with van der Waals surface area (Å²) < 4.78 is 27.6. The van der Waals surface area contributed by atoms with Crippen LogP contribution in [0.25, 0.3) is 0 Å². The number of hydrogen-bond donors (Lipinski definition) is 1. The lowest BCUT2D eigenvalue weighted by Gasteiger charge is -2.15. The predicted octanol–water partition coefficient (Wildman–Crippen LogP) is 2.63. The first-order valence-corrected chi connectivity index (χ1v) is 6.84. The fraction of sp³-hybridized carbons (Fsp3) is 0.533. The Morgan fingerprint density at radius 2 is 1.67 bits per heavy atom. The van der Waals surface area contributed by atoms with Crippen molar-refractivity contribution in [2.24, 2.45) is 5.73 Å². The second-order valence-corrected chi connectivity index (χ2v) is 4.54. The van der Waals surface area contributed by atoms with Crippen LogP contribution in [0.1, 0.15) is 24.0 Å². The summed E-state index contributed by atoms with van der Waals surface area (Å²) >= 11 is 0. The van der Waals surface area contributed by atoms with Crippen LogP contribution in [0.15, 0.2) is 12.1 Å². The highest BCUT2D eigenvalue weighted by molar-refractivity contribution is 5.64. The van der Waals surface area contributed by atoms with E-state index in [0.717, 1.165) is 29.7 Å². The molecule has 0 heterocycles. The van der Waals surface area contributed by atoms with Gasteiger partial charge in [0.05, 0.1) is 27.5 Å². The van der Waals surface area contributed by atoms with Crippen molar-refractivity contribution in [1.82, 2.24) is 0 Å². The molecule has 0 atom stereocenters. The van der Waals surface area contributed by atoms with Gasteiger partial charge in [0.2, 0.25) is 0 Å². The van der Waals surface area contributed by atoms with Crippen LogP contribution >= 0.6 is 0 Å². The number of benzene rings is 1. The molecule has 6 heteroatoms. The molecule has 1 rings (SSSR count). The number of alkyl halides is 1. The summed E-state index contributed by atoms with van der Waals surface area (Å²) in [4.78, 5) is 10.6. The van der Waals surface area contributed by atoms with Gasteiger partial charge < -0.3 is 19.9 Å². The molecule has 1 aromatic rings. The Bertz CT molecular complexity index is 465. The zero-order chi connectivity index (χ0) is 15.7. The van der Waals surface area contributed by atoms with E-state index in [-0.39, 0.29) is 13.3 Å². The molecule has 1 amide bonds. The van der Waals surface area contributed by atoms with Crippen LogP contribution in [0.4, 0.5) is 9.18 Å². The van der Waals surface area contributed by atoms with Crippen LogP contribution < -0.4 is 15.2 Å². The van der Waals surface area contributed by atoms with E-state index in [1.54, 1.807) is 14.2 Å². The molecule has 1 aromatic carbocycles. The molecule has 0 saturated heterocycles. The van der Waals surface area contributed by atoms with E-state index in [1.807, 2.05) is 12.1 Å². The Labute approximate surface area is 124 Å². The number of rotatable bonds is 9. The molecule has 0 aliphatic carbocycles. The maximum atomic E-state index is 12.2. The smallest absolute Gasteiger partial charge is 0.404 e. The maximum Gasteiger partial charge on any atom is 0.404 e. The molecule has 0 aromatic heterocycles. The Morgan fingerprint density at radius 1 is 1.10 bits per heavy atom. The summed E-state index contributed by atoms with van der Waals surface area (Å²) in [5, 5.41) is 0. The number of aryl methyl sites for hydroxylation is 1. The third-order valence-corrected chi connectivity index (χ3v) is 3.13. The molecule has 21 heavy (non-hydrogen) atoms. The normalized spacial score (nSPS) is 10.2. The Kier molecular flexibility index (Phi) is 7.36. The fourth-order valence-electron chi connectivity index (χ4n) is 2.09. The van der Waals surface area contributed by atoms with Gasteiger partial charge in [-0.25, -0.2) is 4.79 Å². The van der Waals surface area contributed by atoms with E-state index in [1.165, 1.54) is 0 Å². The maximum absolute atomic E-state index is 12.2. The van der Waals surface area contributed by atoms with Crippen molar-refractivity contribution in [3.05, 3.63) is 23.3 Å². The minimum absolute atomic E-state index is 0.177. The van der Waals surface area contributed by atoms with Crippen LogP contribution in [0, 0.1) is 0 Å². The largest absolute Gasteiger partial charge is 0.496 e. The van der Waals surface area contributed by atoms with Gasteiger partial charge in [0.1, 0.15) is 11.5 Å². The van der Waals surface area contributed by atoms with E-state index in [2.05, 4.69) is 0 Å². The summed E-state index contributed by atoms with van der Waals surface area (Å²) in [6, 6.07) is 3.74. The molecule has 0 saturated carbocycles. The summed E-state index contributed by atoms with van der Waals surface area (Å²) in [7, 11) is 3.16. The van der Waals surface area contributed by atoms with Crippen molar-refractivity contribution in [1.29, 1.82) is 0 Å². The van der Waals surface area contributed by atoms with E-state index in [0.29, 0.717) is 18.6 Å². The number of halogens is 1. The zero-order valence-corrected chi connectivity index (χ0v) is 12.5. The Balaban J connectivity index is 2.85. The first kappa shape index (κ1) is 17.1. The molecule has 0 bridgehead atoms. The van der Waals surface area contributed by atoms with Gasteiger partial charge >= 0.3 is 6.09 Å². The molecule has 0 aliphatic rings. The van der Waals surface area contributed by atoms with Crippen LogP contribution in [-0.2, 0) is 17.6 Å². The van der Waals surface area contributed by atoms with Gasteiger partial charge in [-0.3, -0.25) is 4.39 Å². The van der Waals surface area contributed by atoms with E-state index in [4.69, 9.17) is 19.9 Å². The minimum Gasteiger partial charge on any atom is -0.496 e. The number of hydrogen-bond acceptors (Lipinski definition) is 4. The molecule has 0 fully saturated rings. The molecule has 0 radical (unpaired) electrons. The van der Waals surface area contributed by atoms with Crippen molar-refractivity contribution in [3.63, 3.8) is 0 Å². The highest BCUT2D eigenvalue weighted by atomic mass is 19.1. The number of carbonyl (C=O) groups is 1. The average molecular weight is 299 g/mol. The molecule has 0 unspecified atom stereocenters. The zero-order valence-electron chi connectivity index (χ0n) is 12.5. The Hall–Kier alpha value is -1.98. The third-order valence-electron chi connectivity index (χ3n) is 3.13. The molecular formula is C15H22FNO4. The molecule has 0 spiro atoms. The first-order chi connectivity index (χ1) is 10.1. The van der Waals surface area contributed by atoms with Gasteiger partial charge in [-0.1, -0.05) is 0 Å². The SMILES string of the molecule is COc1cc(CCOC(N)=O)c(OC)cc1CCCCF. The summed E-state index contributed by atoms with van der Waals surface area (Å²) in [5.74, 6) is 1.42. The summed E-state index contributed by atoms with van der Waals surface area (Å²) in [6.45, 7) is -0.141. The van der Waals surface area contributed by atoms with Crippen molar-refractivity contribution < 1.29 is 23.4 Å². The van der Waals surface area contributed by atoms with Crippen LogP contribution in [0.2, 0.25) is 0 Å². The highest BCUT2D eigenvalue weighted by Gasteiger charge is 2.11. The number of ether oxygens (including phenoxy) is 3. The van der Waals surface area contributed by atoms with Crippen molar-refractivity contribution in [3.8, 4) is 11.5 Å². The van der Waals surface area contributed by atoms with E-state index >= 15 is 0 Å². The van der Waals surface area contributed by atoms with Gasteiger partial charge in [-0.15, -0.1) is 0 Å². The lowest BCUT2D eigenvalue weighted by Crippen LogP contribution is -2.15. The van der Waals surface area contributed by atoms with Gasteiger partial charge in [-0.05, 0) is 37.0 Å². The Morgan fingerprint density at radius 3 is 2.14 bits per heavy atom. The topological polar surface area (TPSA) is 70.8 Å². The minimum atomic E-state index is -0.802. The average Bonchev–Trinajstić information content (AvgIpc) is 2.47. The third kappa shape index (κ3) is 5.49. The summed E-state index contributed by atoms with van der Waals surface area (Å²) in [6.07, 6.45) is 1.68. The number of unbranched alkanes of at least 4 members (excludes halogenated alkanes) is 1.